The fourth-order valence-corrected chi connectivity index (χ4v) is 3.69. The van der Waals surface area contributed by atoms with Gasteiger partial charge in [-0.2, -0.15) is 0 Å². The molecule has 0 bridgehead atoms. The van der Waals surface area contributed by atoms with Gasteiger partial charge < -0.3 is 11.1 Å². The van der Waals surface area contributed by atoms with Crippen molar-refractivity contribution in [2.24, 2.45) is 5.73 Å². The van der Waals surface area contributed by atoms with Crippen LogP contribution in [0.25, 0.3) is 0 Å². The first-order valence-electron chi connectivity index (χ1n) is 8.54. The lowest BCUT2D eigenvalue weighted by atomic mass is 10.0. The highest BCUT2D eigenvalue weighted by molar-refractivity contribution is 7.90. The standard InChI is InChI=1S/C17H25F2N3O3S.ClH/c1-26(24,25)9-7-16(20)17(23)21-12-4-3-8-22(10-12)11-13-14(18)5-2-6-15(13)19;/h2,5-6,12,16H,3-4,7-11,20H2,1H3,(H,21,23);1H. The number of nitrogens with zero attached hydrogens (tertiary/aromatic N) is 1. The highest BCUT2D eigenvalue weighted by atomic mass is 35.5. The van der Waals surface area contributed by atoms with Crippen LogP contribution in [-0.4, -0.2) is 56.4 Å². The minimum Gasteiger partial charge on any atom is -0.351 e. The van der Waals surface area contributed by atoms with Crippen LogP contribution in [0, 0.1) is 11.6 Å². The van der Waals surface area contributed by atoms with Crippen molar-refractivity contribution in [3.63, 3.8) is 0 Å². The number of benzene rings is 1. The van der Waals surface area contributed by atoms with Gasteiger partial charge in [0.15, 0.2) is 0 Å². The summed E-state index contributed by atoms with van der Waals surface area (Å²) in [4.78, 5) is 14.0. The van der Waals surface area contributed by atoms with Gasteiger partial charge in [0, 0.05) is 31.0 Å². The average Bonchev–Trinajstić information content (AvgIpc) is 2.56. The Kier molecular flexibility index (Phi) is 9.07. The molecule has 6 nitrogen and oxygen atoms in total. The third-order valence-electron chi connectivity index (χ3n) is 4.43. The Morgan fingerprint density at radius 1 is 1.37 bits per heavy atom. The van der Waals surface area contributed by atoms with Crippen molar-refractivity contribution in [1.82, 2.24) is 10.2 Å². The Hall–Kier alpha value is -1.29. The molecule has 0 saturated carbocycles. The average molecular weight is 426 g/mol. The van der Waals surface area contributed by atoms with E-state index >= 15 is 0 Å². The van der Waals surface area contributed by atoms with Crippen molar-refractivity contribution < 1.29 is 22.0 Å². The molecule has 0 aromatic heterocycles. The van der Waals surface area contributed by atoms with E-state index in [1.165, 1.54) is 18.2 Å². The molecular formula is C17H26ClF2N3O3S. The van der Waals surface area contributed by atoms with Gasteiger partial charge in [0.2, 0.25) is 5.91 Å². The van der Waals surface area contributed by atoms with Crippen LogP contribution in [0.5, 0.6) is 0 Å². The molecule has 2 atom stereocenters. The molecule has 1 aliphatic heterocycles. The number of nitrogens with one attached hydrogen (secondary N) is 1. The van der Waals surface area contributed by atoms with Crippen molar-refractivity contribution in [3.05, 3.63) is 35.4 Å². The number of halogens is 3. The predicted octanol–water partition coefficient (Wildman–Crippen LogP) is 1.23. The number of likely N-dealkylation sites (tertiary alicyclic amines) is 1. The van der Waals surface area contributed by atoms with Gasteiger partial charge in [-0.25, -0.2) is 17.2 Å². The number of hydrogen-bond donors (Lipinski definition) is 2. The molecule has 0 radical (unpaired) electrons. The maximum atomic E-state index is 13.8. The topological polar surface area (TPSA) is 92.5 Å². The zero-order chi connectivity index (χ0) is 19.3. The first-order chi connectivity index (χ1) is 12.2. The molecule has 1 amide bonds. The maximum Gasteiger partial charge on any atom is 0.237 e. The third-order valence-corrected chi connectivity index (χ3v) is 5.41. The van der Waals surface area contributed by atoms with Gasteiger partial charge in [0.05, 0.1) is 11.8 Å². The Labute approximate surface area is 164 Å². The molecule has 1 saturated heterocycles. The van der Waals surface area contributed by atoms with Gasteiger partial charge >= 0.3 is 0 Å². The lowest BCUT2D eigenvalue weighted by Gasteiger charge is -2.33. The predicted molar refractivity (Wildman–Crippen MR) is 102 cm³/mol. The summed E-state index contributed by atoms with van der Waals surface area (Å²) in [5.74, 6) is -1.72. The van der Waals surface area contributed by atoms with Crippen LogP contribution in [0.15, 0.2) is 18.2 Å². The molecule has 2 rings (SSSR count). The minimum absolute atomic E-state index is 0. The van der Waals surface area contributed by atoms with Crippen molar-refractivity contribution in [2.45, 2.75) is 37.9 Å². The van der Waals surface area contributed by atoms with E-state index < -0.39 is 33.4 Å². The quantitative estimate of drug-likeness (QED) is 0.685. The lowest BCUT2D eigenvalue weighted by Crippen LogP contribution is -2.52. The Balaban J connectivity index is 0.00000364. The summed E-state index contributed by atoms with van der Waals surface area (Å²) >= 11 is 0. The van der Waals surface area contributed by atoms with Crippen molar-refractivity contribution in [1.29, 1.82) is 0 Å². The van der Waals surface area contributed by atoms with E-state index in [0.717, 1.165) is 19.1 Å². The van der Waals surface area contributed by atoms with Gasteiger partial charge in [0.25, 0.3) is 0 Å². The van der Waals surface area contributed by atoms with E-state index in [4.69, 9.17) is 5.73 Å². The molecule has 1 aromatic rings. The molecule has 1 heterocycles. The number of hydrogen-bond acceptors (Lipinski definition) is 5. The Bertz CT molecular complexity index is 729. The van der Waals surface area contributed by atoms with Crippen LogP contribution in [-0.2, 0) is 21.2 Å². The second-order valence-corrected chi connectivity index (χ2v) is 9.07. The maximum absolute atomic E-state index is 13.8. The summed E-state index contributed by atoms with van der Waals surface area (Å²) in [7, 11) is -3.18. The number of nitrogens with two attached hydrogens (primary N) is 1. The second-order valence-electron chi connectivity index (χ2n) is 6.81. The number of piperidine rings is 1. The van der Waals surface area contributed by atoms with Gasteiger partial charge in [-0.3, -0.25) is 9.69 Å². The van der Waals surface area contributed by atoms with Gasteiger partial charge in [-0.15, -0.1) is 12.4 Å². The molecule has 154 valence electrons. The number of amides is 1. The second kappa shape index (κ2) is 10.3. The number of carbonyl (C=O) groups excluding carboxylic acids is 1. The third kappa shape index (κ3) is 7.69. The monoisotopic (exact) mass is 425 g/mol. The molecule has 27 heavy (non-hydrogen) atoms. The van der Waals surface area contributed by atoms with Crippen molar-refractivity contribution in [2.75, 3.05) is 25.1 Å². The minimum atomic E-state index is -3.18. The molecule has 1 aliphatic rings. The van der Waals surface area contributed by atoms with E-state index in [0.29, 0.717) is 13.1 Å². The van der Waals surface area contributed by atoms with Gasteiger partial charge in [-0.1, -0.05) is 6.07 Å². The van der Waals surface area contributed by atoms with Crippen LogP contribution in [0.1, 0.15) is 24.8 Å². The van der Waals surface area contributed by atoms with Crippen molar-refractivity contribution >= 4 is 28.2 Å². The molecule has 3 N–H and O–H groups in total. The van der Waals surface area contributed by atoms with Crippen LogP contribution < -0.4 is 11.1 Å². The van der Waals surface area contributed by atoms with E-state index in [2.05, 4.69) is 5.32 Å². The van der Waals surface area contributed by atoms with Gasteiger partial charge in [-0.05, 0) is 37.9 Å². The largest absolute Gasteiger partial charge is 0.351 e. The fraction of sp³-hybridized carbons (Fsp3) is 0.588. The van der Waals surface area contributed by atoms with Crippen LogP contribution in [0.4, 0.5) is 8.78 Å². The number of sulfone groups is 1. The van der Waals surface area contributed by atoms with Crippen molar-refractivity contribution in [3.8, 4) is 0 Å². The summed E-state index contributed by atoms with van der Waals surface area (Å²) in [6.45, 7) is 1.27. The molecular weight excluding hydrogens is 400 g/mol. The summed E-state index contributed by atoms with van der Waals surface area (Å²) in [6, 6.07) is 2.69. The normalized spacial score (nSPS) is 19.2. The van der Waals surface area contributed by atoms with Crippen LogP contribution in [0.3, 0.4) is 0 Å². The molecule has 10 heteroatoms. The zero-order valence-electron chi connectivity index (χ0n) is 15.2. The first kappa shape index (κ1) is 23.7. The fourth-order valence-electron chi connectivity index (χ4n) is 3.00. The number of carbonyl (C=O) groups is 1. The molecule has 0 spiro atoms. The Morgan fingerprint density at radius 3 is 2.59 bits per heavy atom. The lowest BCUT2D eigenvalue weighted by molar-refractivity contribution is -0.123. The number of rotatable bonds is 7. The summed E-state index contributed by atoms with van der Waals surface area (Å²) in [5, 5.41) is 2.81. The van der Waals surface area contributed by atoms with E-state index in [9.17, 15) is 22.0 Å². The zero-order valence-corrected chi connectivity index (χ0v) is 16.8. The van der Waals surface area contributed by atoms with Crippen LogP contribution in [0.2, 0.25) is 0 Å². The summed E-state index contributed by atoms with van der Waals surface area (Å²) in [6.07, 6.45) is 2.67. The smallest absolute Gasteiger partial charge is 0.237 e. The van der Waals surface area contributed by atoms with E-state index in [-0.39, 0.29) is 42.7 Å². The molecule has 1 aromatic carbocycles. The molecule has 1 fully saturated rings. The Morgan fingerprint density at radius 2 is 2.00 bits per heavy atom. The van der Waals surface area contributed by atoms with E-state index in [1.54, 1.807) is 0 Å². The highest BCUT2D eigenvalue weighted by Crippen LogP contribution is 2.18. The van der Waals surface area contributed by atoms with Crippen LogP contribution >= 0.6 is 12.4 Å². The summed E-state index contributed by atoms with van der Waals surface area (Å²) < 4.78 is 49.9. The SMILES string of the molecule is CS(=O)(=O)CCC(N)C(=O)NC1CCCN(Cc2c(F)cccc2F)C1.Cl. The van der Waals surface area contributed by atoms with E-state index in [1.807, 2.05) is 4.90 Å². The highest BCUT2D eigenvalue weighted by Gasteiger charge is 2.25. The molecule has 0 aliphatic carbocycles. The first-order valence-corrected chi connectivity index (χ1v) is 10.6. The summed E-state index contributed by atoms with van der Waals surface area (Å²) in [5.41, 5.74) is 5.77. The molecule has 2 unspecified atom stereocenters. The van der Waals surface area contributed by atoms with Gasteiger partial charge in [0.1, 0.15) is 21.5 Å².